The molecule has 1 heterocycles. The second-order valence-corrected chi connectivity index (χ2v) is 3.75. The van der Waals surface area contributed by atoms with Gasteiger partial charge in [0, 0.05) is 24.9 Å². The van der Waals surface area contributed by atoms with Crippen molar-refractivity contribution in [3.63, 3.8) is 0 Å². The summed E-state index contributed by atoms with van der Waals surface area (Å²) in [4.78, 5) is 6.98. The van der Waals surface area contributed by atoms with Crippen LogP contribution in [-0.2, 0) is 6.42 Å². The Morgan fingerprint density at radius 3 is 2.82 bits per heavy atom. The van der Waals surface area contributed by atoms with E-state index in [-0.39, 0.29) is 6.04 Å². The number of aromatic nitrogens is 2. The van der Waals surface area contributed by atoms with Crippen LogP contribution in [0.15, 0.2) is 42.9 Å². The van der Waals surface area contributed by atoms with Gasteiger partial charge in [0.15, 0.2) is 0 Å². The van der Waals surface area contributed by atoms with Crippen molar-refractivity contribution in [2.24, 2.45) is 0 Å². The van der Waals surface area contributed by atoms with E-state index in [1.165, 1.54) is 0 Å². The van der Waals surface area contributed by atoms with Crippen LogP contribution in [0.3, 0.4) is 0 Å². The summed E-state index contributed by atoms with van der Waals surface area (Å²) < 4.78 is 0. The van der Waals surface area contributed by atoms with Crippen LogP contribution in [0.2, 0.25) is 0 Å². The number of nitrogens with zero attached hydrogens (tertiary/aromatic N) is 2. The first-order valence-electron chi connectivity index (χ1n) is 5.55. The number of hydrogen-bond acceptors (Lipinski definition) is 3. The molecule has 86 valence electrons. The molecule has 0 fully saturated rings. The number of nitrogens with one attached hydrogen (secondary N) is 2. The van der Waals surface area contributed by atoms with Crippen molar-refractivity contribution in [3.8, 4) is 6.07 Å². The van der Waals surface area contributed by atoms with Gasteiger partial charge in [-0.2, -0.15) is 5.26 Å². The standard InChI is InChI=1S/C13H14N4/c14-8-13(11-4-2-1-3-5-11)16-7-6-12-9-15-10-17-12/h1-5,9-10,13,16H,6-7H2,(H,15,17). The maximum absolute atomic E-state index is 9.10. The van der Waals surface area contributed by atoms with Gasteiger partial charge in [0.2, 0.25) is 0 Å². The van der Waals surface area contributed by atoms with Crippen LogP contribution in [-0.4, -0.2) is 16.5 Å². The molecule has 4 heteroatoms. The van der Waals surface area contributed by atoms with Crippen molar-refractivity contribution in [1.29, 1.82) is 5.26 Å². The van der Waals surface area contributed by atoms with E-state index in [1.54, 1.807) is 12.5 Å². The summed E-state index contributed by atoms with van der Waals surface area (Å²) in [5, 5.41) is 12.3. The van der Waals surface area contributed by atoms with E-state index in [4.69, 9.17) is 5.26 Å². The van der Waals surface area contributed by atoms with E-state index >= 15 is 0 Å². The molecule has 17 heavy (non-hydrogen) atoms. The number of imidazole rings is 1. The minimum Gasteiger partial charge on any atom is -0.348 e. The van der Waals surface area contributed by atoms with E-state index in [9.17, 15) is 0 Å². The van der Waals surface area contributed by atoms with Gasteiger partial charge in [0.25, 0.3) is 0 Å². The second-order valence-electron chi connectivity index (χ2n) is 3.75. The lowest BCUT2D eigenvalue weighted by Crippen LogP contribution is -2.22. The molecule has 0 bridgehead atoms. The first-order chi connectivity index (χ1) is 8.40. The Bertz CT molecular complexity index is 470. The van der Waals surface area contributed by atoms with Crippen LogP contribution >= 0.6 is 0 Å². The van der Waals surface area contributed by atoms with Crippen LogP contribution in [0.5, 0.6) is 0 Å². The van der Waals surface area contributed by atoms with Gasteiger partial charge in [0.1, 0.15) is 6.04 Å². The number of aromatic amines is 1. The van der Waals surface area contributed by atoms with Gasteiger partial charge >= 0.3 is 0 Å². The summed E-state index contributed by atoms with van der Waals surface area (Å²) in [7, 11) is 0. The monoisotopic (exact) mass is 226 g/mol. The van der Waals surface area contributed by atoms with E-state index in [1.807, 2.05) is 30.3 Å². The highest BCUT2D eigenvalue weighted by atomic mass is 14.9. The minimum absolute atomic E-state index is 0.251. The van der Waals surface area contributed by atoms with E-state index in [0.29, 0.717) is 0 Å². The molecule has 0 radical (unpaired) electrons. The summed E-state index contributed by atoms with van der Waals surface area (Å²) in [6, 6.07) is 11.7. The summed E-state index contributed by atoms with van der Waals surface area (Å²) in [5.41, 5.74) is 2.07. The van der Waals surface area contributed by atoms with Crippen molar-refractivity contribution in [3.05, 3.63) is 54.1 Å². The summed E-state index contributed by atoms with van der Waals surface area (Å²) in [5.74, 6) is 0. The van der Waals surface area contributed by atoms with Crippen molar-refractivity contribution in [2.75, 3.05) is 6.54 Å². The Hall–Kier alpha value is -2.12. The van der Waals surface area contributed by atoms with Crippen LogP contribution in [0.1, 0.15) is 17.3 Å². The average Bonchev–Trinajstić information content (AvgIpc) is 2.89. The first kappa shape index (κ1) is 11.4. The van der Waals surface area contributed by atoms with Crippen molar-refractivity contribution in [1.82, 2.24) is 15.3 Å². The van der Waals surface area contributed by atoms with Crippen LogP contribution in [0.4, 0.5) is 0 Å². The van der Waals surface area contributed by atoms with Crippen LogP contribution < -0.4 is 5.32 Å². The number of benzene rings is 1. The summed E-state index contributed by atoms with van der Waals surface area (Å²) >= 11 is 0. The molecule has 0 spiro atoms. The third kappa shape index (κ3) is 3.16. The Kier molecular flexibility index (Phi) is 3.90. The SMILES string of the molecule is N#CC(NCCc1cnc[nH]1)c1ccccc1. The maximum Gasteiger partial charge on any atom is 0.121 e. The highest BCUT2D eigenvalue weighted by Gasteiger charge is 2.08. The number of rotatable bonds is 5. The van der Waals surface area contributed by atoms with E-state index < -0.39 is 0 Å². The van der Waals surface area contributed by atoms with Gasteiger partial charge in [-0.1, -0.05) is 30.3 Å². The average molecular weight is 226 g/mol. The second kappa shape index (κ2) is 5.83. The minimum atomic E-state index is -0.251. The molecule has 4 nitrogen and oxygen atoms in total. The fourth-order valence-electron chi connectivity index (χ4n) is 1.66. The van der Waals surface area contributed by atoms with Gasteiger partial charge in [0.05, 0.1) is 12.4 Å². The Balaban J connectivity index is 1.87. The van der Waals surface area contributed by atoms with Gasteiger partial charge in [-0.15, -0.1) is 0 Å². The molecule has 1 aromatic heterocycles. The Morgan fingerprint density at radius 1 is 1.35 bits per heavy atom. The molecule has 0 saturated carbocycles. The predicted molar refractivity (Wildman–Crippen MR) is 65.1 cm³/mol. The van der Waals surface area contributed by atoms with Gasteiger partial charge < -0.3 is 4.98 Å². The fraction of sp³-hybridized carbons (Fsp3) is 0.231. The van der Waals surface area contributed by atoms with Crippen LogP contribution in [0.25, 0.3) is 0 Å². The van der Waals surface area contributed by atoms with Gasteiger partial charge in [-0.05, 0) is 5.56 Å². The van der Waals surface area contributed by atoms with Gasteiger partial charge in [-0.25, -0.2) is 4.98 Å². The molecule has 2 aromatic rings. The summed E-state index contributed by atoms with van der Waals surface area (Å²) in [6.45, 7) is 0.745. The molecule has 0 amide bonds. The zero-order chi connectivity index (χ0) is 11.9. The third-order valence-electron chi connectivity index (χ3n) is 2.56. The van der Waals surface area contributed by atoms with E-state index in [0.717, 1.165) is 24.2 Å². The molecule has 0 saturated heterocycles. The Morgan fingerprint density at radius 2 is 2.18 bits per heavy atom. The third-order valence-corrected chi connectivity index (χ3v) is 2.56. The zero-order valence-electron chi connectivity index (χ0n) is 9.43. The van der Waals surface area contributed by atoms with Gasteiger partial charge in [-0.3, -0.25) is 5.32 Å². The van der Waals surface area contributed by atoms with Crippen molar-refractivity contribution in [2.45, 2.75) is 12.5 Å². The molecule has 0 aliphatic rings. The lowest BCUT2D eigenvalue weighted by atomic mass is 10.1. The first-order valence-corrected chi connectivity index (χ1v) is 5.55. The van der Waals surface area contributed by atoms with E-state index in [2.05, 4.69) is 21.4 Å². The molecular weight excluding hydrogens is 212 g/mol. The molecule has 1 unspecified atom stereocenters. The molecule has 0 aliphatic heterocycles. The number of nitriles is 1. The molecule has 2 rings (SSSR count). The molecule has 1 atom stereocenters. The Labute approximate surface area is 100 Å². The molecular formula is C13H14N4. The smallest absolute Gasteiger partial charge is 0.121 e. The normalized spacial score (nSPS) is 11.9. The quantitative estimate of drug-likeness (QED) is 0.817. The largest absolute Gasteiger partial charge is 0.348 e. The number of H-pyrrole nitrogens is 1. The molecule has 0 aliphatic carbocycles. The van der Waals surface area contributed by atoms with Crippen molar-refractivity contribution < 1.29 is 0 Å². The van der Waals surface area contributed by atoms with Crippen LogP contribution in [0, 0.1) is 11.3 Å². The maximum atomic E-state index is 9.10. The fourth-order valence-corrected chi connectivity index (χ4v) is 1.66. The highest BCUT2D eigenvalue weighted by molar-refractivity contribution is 5.23. The summed E-state index contributed by atoms with van der Waals surface area (Å²) in [6.07, 6.45) is 4.30. The lowest BCUT2D eigenvalue weighted by molar-refractivity contribution is 0.626. The molecule has 2 N–H and O–H groups in total. The predicted octanol–water partition coefficient (Wildman–Crippen LogP) is 1.81. The zero-order valence-corrected chi connectivity index (χ0v) is 9.43. The molecule has 1 aromatic carbocycles. The van der Waals surface area contributed by atoms with Crippen molar-refractivity contribution >= 4 is 0 Å². The topological polar surface area (TPSA) is 64.5 Å². The number of hydrogen-bond donors (Lipinski definition) is 2. The highest BCUT2D eigenvalue weighted by Crippen LogP contribution is 2.10. The lowest BCUT2D eigenvalue weighted by Gasteiger charge is -2.10.